The van der Waals surface area contributed by atoms with Crippen molar-refractivity contribution in [3.63, 3.8) is 0 Å². The third-order valence-electron chi connectivity index (χ3n) is 4.65. The number of amides is 2. The summed E-state index contributed by atoms with van der Waals surface area (Å²) in [4.78, 5) is 24.6. The van der Waals surface area contributed by atoms with Gasteiger partial charge in [0, 0.05) is 35.2 Å². The van der Waals surface area contributed by atoms with Crippen LogP contribution in [0.3, 0.4) is 0 Å². The second-order valence-electron chi connectivity index (χ2n) is 7.35. The molecule has 2 aromatic rings. The first-order chi connectivity index (χ1) is 13.7. The largest absolute Gasteiger partial charge is 0.492 e. The van der Waals surface area contributed by atoms with Crippen LogP contribution in [0.2, 0.25) is 0 Å². The lowest BCUT2D eigenvalue weighted by Gasteiger charge is -2.10. The second-order valence-corrected chi connectivity index (χ2v) is 9.61. The molecule has 2 aromatic carbocycles. The van der Waals surface area contributed by atoms with Gasteiger partial charge >= 0.3 is 0 Å². The van der Waals surface area contributed by atoms with Crippen molar-refractivity contribution in [2.45, 2.75) is 13.3 Å². The molecule has 7 nitrogen and oxygen atoms in total. The lowest BCUT2D eigenvalue weighted by molar-refractivity contribution is -0.117. The number of anilines is 2. The van der Waals surface area contributed by atoms with Crippen molar-refractivity contribution >= 4 is 33.0 Å². The van der Waals surface area contributed by atoms with Crippen molar-refractivity contribution < 1.29 is 22.7 Å². The van der Waals surface area contributed by atoms with Gasteiger partial charge in [0.1, 0.15) is 12.4 Å². The summed E-state index contributed by atoms with van der Waals surface area (Å²) in [7, 11) is -3.10. The molecule has 2 N–H and O–H groups in total. The maximum absolute atomic E-state index is 12.6. The molecule has 1 aliphatic rings. The highest BCUT2D eigenvalue weighted by Crippen LogP contribution is 2.38. The summed E-state index contributed by atoms with van der Waals surface area (Å²) in [6.45, 7) is 2.07. The van der Waals surface area contributed by atoms with E-state index in [4.69, 9.17) is 4.74 Å². The Labute approximate surface area is 170 Å². The van der Waals surface area contributed by atoms with Crippen molar-refractivity contribution in [1.29, 1.82) is 0 Å². The van der Waals surface area contributed by atoms with Gasteiger partial charge in [0.2, 0.25) is 5.91 Å². The lowest BCUT2D eigenvalue weighted by Crippen LogP contribution is -2.16. The Morgan fingerprint density at radius 3 is 2.38 bits per heavy atom. The van der Waals surface area contributed by atoms with Crippen molar-refractivity contribution in [3.8, 4) is 5.75 Å². The number of rotatable bonds is 8. The predicted octanol–water partition coefficient (Wildman–Crippen LogP) is 2.96. The summed E-state index contributed by atoms with van der Waals surface area (Å²) in [5, 5.41) is 5.63. The van der Waals surface area contributed by atoms with E-state index < -0.39 is 9.84 Å². The van der Waals surface area contributed by atoms with Crippen LogP contribution < -0.4 is 15.4 Å². The molecule has 8 heteroatoms. The number of hydrogen-bond acceptors (Lipinski definition) is 5. The summed E-state index contributed by atoms with van der Waals surface area (Å²) in [5.41, 5.74) is 1.52. The molecule has 29 heavy (non-hydrogen) atoms. The molecule has 0 saturated heterocycles. The number of ether oxygens (including phenoxy) is 1. The fourth-order valence-electron chi connectivity index (χ4n) is 2.84. The molecule has 0 heterocycles. The summed E-state index contributed by atoms with van der Waals surface area (Å²) < 4.78 is 27.8. The molecule has 0 spiro atoms. The van der Waals surface area contributed by atoms with E-state index in [1.165, 1.54) is 0 Å². The Kier molecular flexibility index (Phi) is 6.22. The van der Waals surface area contributed by atoms with Crippen molar-refractivity contribution in [1.82, 2.24) is 0 Å². The molecule has 1 aliphatic carbocycles. The van der Waals surface area contributed by atoms with E-state index in [1.54, 1.807) is 48.5 Å². The Hall–Kier alpha value is -2.87. The quantitative estimate of drug-likeness (QED) is 0.689. The number of sulfone groups is 1. The third-order valence-corrected chi connectivity index (χ3v) is 5.56. The Morgan fingerprint density at radius 1 is 1.07 bits per heavy atom. The third kappa shape index (κ3) is 6.32. The topological polar surface area (TPSA) is 102 Å². The van der Waals surface area contributed by atoms with Crippen molar-refractivity contribution in [3.05, 3.63) is 54.1 Å². The SMILES string of the molecule is CC1CC1C(=O)Nc1cccc(C(=O)Nc2cccc(OCCS(C)(=O)=O)c2)c1. The Balaban J connectivity index is 1.60. The minimum Gasteiger partial charge on any atom is -0.492 e. The molecule has 2 unspecified atom stereocenters. The number of benzene rings is 2. The fourth-order valence-corrected chi connectivity index (χ4v) is 3.22. The standard InChI is InChI=1S/C21H24N2O5S/c1-14-11-19(14)21(25)23-16-6-3-5-15(12-16)20(24)22-17-7-4-8-18(13-17)28-9-10-29(2,26)27/h3-8,12-14,19H,9-11H2,1-2H3,(H,22,24)(H,23,25). The predicted molar refractivity (Wildman–Crippen MR) is 112 cm³/mol. The normalized spacial score (nSPS) is 18.0. The molecule has 0 aliphatic heterocycles. The minimum atomic E-state index is -3.10. The first-order valence-electron chi connectivity index (χ1n) is 9.34. The maximum atomic E-state index is 12.6. The van der Waals surface area contributed by atoms with Crippen LogP contribution in [0.25, 0.3) is 0 Å². The van der Waals surface area contributed by atoms with Crippen LogP contribution in [-0.2, 0) is 14.6 Å². The van der Waals surface area contributed by atoms with Crippen LogP contribution in [0.5, 0.6) is 5.75 Å². The molecule has 1 saturated carbocycles. The van der Waals surface area contributed by atoms with E-state index in [1.807, 2.05) is 6.92 Å². The molecule has 2 atom stereocenters. The van der Waals surface area contributed by atoms with E-state index in [0.29, 0.717) is 28.6 Å². The number of carbonyl (C=O) groups excluding carboxylic acids is 2. The van der Waals surface area contributed by atoms with E-state index in [2.05, 4.69) is 10.6 Å². The van der Waals surface area contributed by atoms with Gasteiger partial charge in [0.05, 0.1) is 5.75 Å². The molecular formula is C21H24N2O5S. The monoisotopic (exact) mass is 416 g/mol. The molecular weight excluding hydrogens is 392 g/mol. The number of hydrogen-bond donors (Lipinski definition) is 2. The van der Waals surface area contributed by atoms with E-state index in [0.717, 1.165) is 12.7 Å². The molecule has 0 aromatic heterocycles. The second kappa shape index (κ2) is 8.65. The van der Waals surface area contributed by atoms with Gasteiger partial charge < -0.3 is 15.4 Å². The van der Waals surface area contributed by atoms with Crippen LogP contribution >= 0.6 is 0 Å². The summed E-state index contributed by atoms with van der Waals surface area (Å²) >= 11 is 0. The highest BCUT2D eigenvalue weighted by Gasteiger charge is 2.39. The van der Waals surface area contributed by atoms with Gasteiger partial charge in [-0.2, -0.15) is 0 Å². The molecule has 3 rings (SSSR count). The average molecular weight is 416 g/mol. The van der Waals surface area contributed by atoms with Crippen LogP contribution in [0.1, 0.15) is 23.7 Å². The summed E-state index contributed by atoms with van der Waals surface area (Å²) in [6, 6.07) is 13.5. The van der Waals surface area contributed by atoms with Gasteiger partial charge in [0.25, 0.3) is 5.91 Å². The minimum absolute atomic E-state index is 0.0194. The van der Waals surface area contributed by atoms with Gasteiger partial charge in [-0.15, -0.1) is 0 Å². The van der Waals surface area contributed by atoms with Crippen LogP contribution in [0, 0.1) is 11.8 Å². The lowest BCUT2D eigenvalue weighted by atomic mass is 10.1. The molecule has 2 amide bonds. The number of carbonyl (C=O) groups is 2. The fraction of sp³-hybridized carbons (Fsp3) is 0.333. The van der Waals surface area contributed by atoms with E-state index in [9.17, 15) is 18.0 Å². The summed E-state index contributed by atoms with van der Waals surface area (Å²) in [6.07, 6.45) is 2.05. The van der Waals surface area contributed by atoms with Gasteiger partial charge in [0.15, 0.2) is 9.84 Å². The van der Waals surface area contributed by atoms with Crippen molar-refractivity contribution in [2.75, 3.05) is 29.2 Å². The first-order valence-corrected chi connectivity index (χ1v) is 11.4. The molecule has 1 fully saturated rings. The van der Waals surface area contributed by atoms with Gasteiger partial charge in [-0.3, -0.25) is 9.59 Å². The van der Waals surface area contributed by atoms with Crippen molar-refractivity contribution in [2.24, 2.45) is 11.8 Å². The van der Waals surface area contributed by atoms with E-state index in [-0.39, 0.29) is 30.1 Å². The molecule has 0 bridgehead atoms. The van der Waals surface area contributed by atoms with Gasteiger partial charge in [-0.05, 0) is 42.7 Å². The smallest absolute Gasteiger partial charge is 0.255 e. The highest BCUT2D eigenvalue weighted by molar-refractivity contribution is 7.90. The molecule has 0 radical (unpaired) electrons. The van der Waals surface area contributed by atoms with Crippen LogP contribution in [0.4, 0.5) is 11.4 Å². The Morgan fingerprint density at radius 2 is 1.72 bits per heavy atom. The maximum Gasteiger partial charge on any atom is 0.255 e. The molecule has 154 valence electrons. The van der Waals surface area contributed by atoms with Crippen LogP contribution in [0.15, 0.2) is 48.5 Å². The van der Waals surface area contributed by atoms with Gasteiger partial charge in [-0.1, -0.05) is 19.1 Å². The van der Waals surface area contributed by atoms with E-state index >= 15 is 0 Å². The zero-order valence-corrected chi connectivity index (χ0v) is 17.2. The Bertz CT molecular complexity index is 1020. The van der Waals surface area contributed by atoms with Gasteiger partial charge in [-0.25, -0.2) is 8.42 Å². The first kappa shape index (κ1) is 20.9. The zero-order chi connectivity index (χ0) is 21.0. The number of nitrogens with one attached hydrogen (secondary N) is 2. The van der Waals surface area contributed by atoms with Crippen LogP contribution in [-0.4, -0.2) is 38.8 Å². The zero-order valence-electron chi connectivity index (χ0n) is 16.3. The average Bonchev–Trinajstić information content (AvgIpc) is 3.38. The highest BCUT2D eigenvalue weighted by atomic mass is 32.2. The summed E-state index contributed by atoms with van der Waals surface area (Å²) in [5.74, 6) is 0.502.